The summed E-state index contributed by atoms with van der Waals surface area (Å²) in [6, 6.07) is 3.44. The minimum Gasteiger partial charge on any atom is -0.339 e. The molecule has 7 nitrogen and oxygen atoms in total. The highest BCUT2D eigenvalue weighted by Gasteiger charge is 2.28. The van der Waals surface area contributed by atoms with Gasteiger partial charge < -0.3 is 4.90 Å². The first-order valence-electron chi connectivity index (χ1n) is 6.33. The zero-order chi connectivity index (χ0) is 14.8. The lowest BCUT2D eigenvalue weighted by Gasteiger charge is -2.36. The number of sulfonamides is 1. The SMILES string of the molecule is CN(C1CCCN(c2nccc(C#N)n2)C1)S(C)(=O)=O. The molecule has 108 valence electrons. The summed E-state index contributed by atoms with van der Waals surface area (Å²) in [5, 5.41) is 8.86. The lowest BCUT2D eigenvalue weighted by atomic mass is 10.1. The van der Waals surface area contributed by atoms with Gasteiger partial charge in [0.1, 0.15) is 11.8 Å². The molecule has 0 amide bonds. The average Bonchev–Trinajstić information content (AvgIpc) is 2.45. The zero-order valence-electron chi connectivity index (χ0n) is 11.5. The fourth-order valence-corrected chi connectivity index (χ4v) is 2.98. The smallest absolute Gasteiger partial charge is 0.226 e. The summed E-state index contributed by atoms with van der Waals surface area (Å²) in [4.78, 5) is 10.2. The van der Waals surface area contributed by atoms with E-state index in [1.165, 1.54) is 10.6 Å². The second-order valence-electron chi connectivity index (χ2n) is 4.87. The summed E-state index contributed by atoms with van der Waals surface area (Å²) < 4.78 is 24.6. The zero-order valence-corrected chi connectivity index (χ0v) is 12.3. The molecule has 0 radical (unpaired) electrons. The van der Waals surface area contributed by atoms with Gasteiger partial charge in [0.05, 0.1) is 6.26 Å². The topological polar surface area (TPSA) is 90.2 Å². The molecule has 1 aromatic heterocycles. The molecule has 0 N–H and O–H groups in total. The first-order chi connectivity index (χ1) is 9.41. The van der Waals surface area contributed by atoms with E-state index in [2.05, 4.69) is 9.97 Å². The predicted molar refractivity (Wildman–Crippen MR) is 74.6 cm³/mol. The molecule has 2 rings (SSSR count). The van der Waals surface area contributed by atoms with Crippen LogP contribution in [0.5, 0.6) is 0 Å². The van der Waals surface area contributed by atoms with Crippen molar-refractivity contribution in [1.29, 1.82) is 5.26 Å². The van der Waals surface area contributed by atoms with Gasteiger partial charge in [0.2, 0.25) is 16.0 Å². The van der Waals surface area contributed by atoms with Crippen molar-refractivity contribution < 1.29 is 8.42 Å². The van der Waals surface area contributed by atoms with Crippen molar-refractivity contribution in [2.75, 3.05) is 31.3 Å². The Morgan fingerprint density at radius 1 is 1.55 bits per heavy atom. The van der Waals surface area contributed by atoms with E-state index in [0.29, 0.717) is 18.2 Å². The van der Waals surface area contributed by atoms with Gasteiger partial charge in [0.15, 0.2) is 0 Å². The molecule has 2 heterocycles. The lowest BCUT2D eigenvalue weighted by Crippen LogP contribution is -2.48. The second-order valence-corrected chi connectivity index (χ2v) is 6.92. The summed E-state index contributed by atoms with van der Waals surface area (Å²) >= 11 is 0. The first kappa shape index (κ1) is 14.7. The van der Waals surface area contributed by atoms with Crippen LogP contribution in [0.1, 0.15) is 18.5 Å². The monoisotopic (exact) mass is 295 g/mol. The maximum absolute atomic E-state index is 11.6. The van der Waals surface area contributed by atoms with Gasteiger partial charge in [-0.1, -0.05) is 0 Å². The van der Waals surface area contributed by atoms with Gasteiger partial charge >= 0.3 is 0 Å². The molecule has 20 heavy (non-hydrogen) atoms. The summed E-state index contributed by atoms with van der Waals surface area (Å²) in [5.41, 5.74) is 0.314. The second kappa shape index (κ2) is 5.73. The number of likely N-dealkylation sites (N-methyl/N-ethyl adjacent to an activating group) is 1. The third-order valence-corrected chi connectivity index (χ3v) is 4.82. The molecule has 0 aliphatic carbocycles. The first-order valence-corrected chi connectivity index (χ1v) is 8.18. The van der Waals surface area contributed by atoms with Gasteiger partial charge in [-0.2, -0.15) is 5.26 Å². The van der Waals surface area contributed by atoms with Gasteiger partial charge in [0, 0.05) is 32.4 Å². The summed E-state index contributed by atoms with van der Waals surface area (Å²) in [5.74, 6) is 0.482. The van der Waals surface area contributed by atoms with E-state index in [9.17, 15) is 8.42 Å². The molecule has 0 bridgehead atoms. The predicted octanol–water partition coefficient (Wildman–Crippen LogP) is 0.208. The molecule has 8 heteroatoms. The Morgan fingerprint density at radius 3 is 2.95 bits per heavy atom. The number of piperidine rings is 1. The maximum atomic E-state index is 11.6. The van der Waals surface area contributed by atoms with Crippen LogP contribution in [0.3, 0.4) is 0 Å². The van der Waals surface area contributed by atoms with Crippen molar-refractivity contribution in [2.45, 2.75) is 18.9 Å². The van der Waals surface area contributed by atoms with E-state index in [-0.39, 0.29) is 6.04 Å². The molecule has 1 aliphatic heterocycles. The molecule has 1 aliphatic rings. The van der Waals surface area contributed by atoms with Crippen molar-refractivity contribution in [3.05, 3.63) is 18.0 Å². The van der Waals surface area contributed by atoms with Crippen molar-refractivity contribution >= 4 is 16.0 Å². The third-order valence-electron chi connectivity index (χ3n) is 3.47. The maximum Gasteiger partial charge on any atom is 0.226 e. The Kier molecular flexibility index (Phi) is 4.20. The molecule has 1 atom stereocenters. The van der Waals surface area contributed by atoms with Gasteiger partial charge in [-0.25, -0.2) is 22.7 Å². The summed E-state index contributed by atoms with van der Waals surface area (Å²) in [7, 11) is -1.61. The molecule has 0 aromatic carbocycles. The molecule has 0 saturated carbocycles. The van der Waals surface area contributed by atoms with Gasteiger partial charge in [0.25, 0.3) is 0 Å². The molecule has 1 aromatic rings. The molecular weight excluding hydrogens is 278 g/mol. The number of aromatic nitrogens is 2. The van der Waals surface area contributed by atoms with Crippen molar-refractivity contribution in [1.82, 2.24) is 14.3 Å². The molecule has 1 saturated heterocycles. The Labute approximate surface area is 118 Å². The fraction of sp³-hybridized carbons (Fsp3) is 0.583. The highest BCUT2D eigenvalue weighted by molar-refractivity contribution is 7.88. The third kappa shape index (κ3) is 3.23. The minimum absolute atomic E-state index is 0.0897. The molecule has 1 fully saturated rings. The highest BCUT2D eigenvalue weighted by atomic mass is 32.2. The minimum atomic E-state index is -3.21. The quantitative estimate of drug-likeness (QED) is 0.791. The van der Waals surface area contributed by atoms with Gasteiger partial charge in [-0.3, -0.25) is 0 Å². The summed E-state index contributed by atoms with van der Waals surface area (Å²) in [6.45, 7) is 1.31. The van der Waals surface area contributed by atoms with Crippen LogP contribution in [0.4, 0.5) is 5.95 Å². The average molecular weight is 295 g/mol. The molecule has 1 unspecified atom stereocenters. The number of hydrogen-bond donors (Lipinski definition) is 0. The van der Waals surface area contributed by atoms with Crippen molar-refractivity contribution in [3.8, 4) is 6.07 Å². The van der Waals surface area contributed by atoms with Crippen LogP contribution in [0.15, 0.2) is 12.3 Å². The Morgan fingerprint density at radius 2 is 2.30 bits per heavy atom. The number of nitrogens with zero attached hydrogens (tertiary/aromatic N) is 5. The van der Waals surface area contributed by atoms with E-state index >= 15 is 0 Å². The van der Waals surface area contributed by atoms with Crippen molar-refractivity contribution in [2.24, 2.45) is 0 Å². The van der Waals surface area contributed by atoms with Crippen LogP contribution < -0.4 is 4.90 Å². The molecule has 0 spiro atoms. The van der Waals surface area contributed by atoms with Gasteiger partial charge in [-0.05, 0) is 18.9 Å². The van der Waals surface area contributed by atoms with Crippen molar-refractivity contribution in [3.63, 3.8) is 0 Å². The van der Waals surface area contributed by atoms with E-state index in [4.69, 9.17) is 5.26 Å². The standard InChI is InChI=1S/C12H17N5O2S/c1-16(20(2,18)19)11-4-3-7-17(9-11)12-14-6-5-10(8-13)15-12/h5-6,11H,3-4,7,9H2,1-2H3. The van der Waals surface area contributed by atoms with E-state index in [1.54, 1.807) is 19.3 Å². The van der Waals surface area contributed by atoms with Crippen LogP contribution in [0.2, 0.25) is 0 Å². The van der Waals surface area contributed by atoms with E-state index in [0.717, 1.165) is 19.4 Å². The molecular formula is C12H17N5O2S. The number of rotatable bonds is 3. The Bertz CT molecular complexity index is 625. The van der Waals surface area contributed by atoms with Gasteiger partial charge in [-0.15, -0.1) is 0 Å². The number of hydrogen-bond acceptors (Lipinski definition) is 6. The van der Waals surface area contributed by atoms with Crippen LogP contribution >= 0.6 is 0 Å². The number of anilines is 1. The lowest BCUT2D eigenvalue weighted by molar-refractivity contribution is 0.320. The Balaban J connectivity index is 2.16. The van der Waals surface area contributed by atoms with Crippen LogP contribution in [-0.2, 0) is 10.0 Å². The van der Waals surface area contributed by atoms with Crippen LogP contribution in [-0.4, -0.2) is 55.1 Å². The largest absolute Gasteiger partial charge is 0.339 e. The normalized spacial score (nSPS) is 19.9. The van der Waals surface area contributed by atoms with Crippen LogP contribution in [0, 0.1) is 11.3 Å². The highest BCUT2D eigenvalue weighted by Crippen LogP contribution is 2.20. The Hall–Kier alpha value is -1.72. The van der Waals surface area contributed by atoms with Crippen LogP contribution in [0.25, 0.3) is 0 Å². The van der Waals surface area contributed by atoms with E-state index < -0.39 is 10.0 Å². The summed E-state index contributed by atoms with van der Waals surface area (Å²) in [6.07, 6.45) is 4.44. The fourth-order valence-electron chi connectivity index (χ4n) is 2.27. The van der Waals surface area contributed by atoms with E-state index in [1.807, 2.05) is 11.0 Å². The number of nitriles is 1.